The molecule has 0 bridgehead atoms. The van der Waals surface area contributed by atoms with Gasteiger partial charge in [-0.1, -0.05) is 73.2 Å². The Balaban J connectivity index is 1.35. The van der Waals surface area contributed by atoms with Crippen LogP contribution in [0, 0.1) is 5.92 Å². The summed E-state index contributed by atoms with van der Waals surface area (Å²) < 4.78 is 6.96. The highest BCUT2D eigenvalue weighted by Crippen LogP contribution is 2.42. The van der Waals surface area contributed by atoms with E-state index in [1.807, 2.05) is 24.3 Å². The lowest BCUT2D eigenvalue weighted by Gasteiger charge is -2.37. The summed E-state index contributed by atoms with van der Waals surface area (Å²) in [5.74, 6) is 2.29. The molecule has 1 fully saturated rings. The zero-order valence-corrected chi connectivity index (χ0v) is 23.3. The molecule has 1 saturated heterocycles. The van der Waals surface area contributed by atoms with Crippen molar-refractivity contribution in [1.82, 2.24) is 19.5 Å². The number of likely N-dealkylation sites (tertiary alicyclic amines) is 1. The first kappa shape index (κ1) is 25.2. The third kappa shape index (κ3) is 4.64. The summed E-state index contributed by atoms with van der Waals surface area (Å²) in [5.41, 5.74) is 2.24. The number of fused-ring (bicyclic) bond motifs is 2. The fraction of sp³-hybridized carbons (Fsp3) is 0.333. The van der Waals surface area contributed by atoms with Crippen LogP contribution in [0.15, 0.2) is 60.7 Å². The van der Waals surface area contributed by atoms with Gasteiger partial charge in [0, 0.05) is 17.5 Å². The lowest BCUT2D eigenvalue weighted by Crippen LogP contribution is -2.37. The molecule has 6 rings (SSSR count). The van der Waals surface area contributed by atoms with E-state index in [0.717, 1.165) is 52.0 Å². The standard InChI is InChI=1S/C30H31ClN4O2S/c1-18-5-4-14-34(17-18)26(20-8-11-24(31)12-9-20)27-29(36)35-30(38-27)32-28(33-35)19(2)21-6-7-23-16-25(37-3)13-10-22(23)15-21/h6-13,15-16,18-19,26,36H,4-5,14,17H2,1-3H3/t18?,19-,26+/m0/s1. The normalized spacial score (nSPS) is 18.2. The minimum absolute atomic E-state index is 0.0218. The van der Waals surface area contributed by atoms with Gasteiger partial charge in [0.05, 0.1) is 18.0 Å². The highest BCUT2D eigenvalue weighted by atomic mass is 35.5. The molecule has 0 amide bonds. The maximum atomic E-state index is 11.4. The van der Waals surface area contributed by atoms with Crippen LogP contribution in [0.5, 0.6) is 11.6 Å². The maximum Gasteiger partial charge on any atom is 0.230 e. The second-order valence-corrected chi connectivity index (χ2v) is 11.8. The lowest BCUT2D eigenvalue weighted by atomic mass is 9.95. The summed E-state index contributed by atoms with van der Waals surface area (Å²) in [6, 6.07) is 20.4. The molecule has 1 aliphatic heterocycles. The van der Waals surface area contributed by atoms with Crippen molar-refractivity contribution in [1.29, 1.82) is 0 Å². The van der Waals surface area contributed by atoms with Gasteiger partial charge in [0.15, 0.2) is 5.82 Å². The zero-order valence-electron chi connectivity index (χ0n) is 21.8. The Morgan fingerprint density at radius 3 is 2.53 bits per heavy atom. The summed E-state index contributed by atoms with van der Waals surface area (Å²) >= 11 is 7.72. The molecule has 3 aromatic carbocycles. The van der Waals surface area contributed by atoms with Crippen molar-refractivity contribution in [2.24, 2.45) is 5.92 Å². The van der Waals surface area contributed by atoms with E-state index in [2.05, 4.69) is 55.1 Å². The van der Waals surface area contributed by atoms with E-state index in [1.54, 1.807) is 11.6 Å². The van der Waals surface area contributed by atoms with Gasteiger partial charge in [0.2, 0.25) is 10.8 Å². The van der Waals surface area contributed by atoms with E-state index in [4.69, 9.17) is 26.4 Å². The van der Waals surface area contributed by atoms with Gasteiger partial charge in [-0.05, 0) is 71.5 Å². The summed E-state index contributed by atoms with van der Waals surface area (Å²) in [7, 11) is 1.68. The van der Waals surface area contributed by atoms with E-state index in [-0.39, 0.29) is 17.8 Å². The molecule has 1 aliphatic rings. The van der Waals surface area contributed by atoms with Gasteiger partial charge in [0.1, 0.15) is 5.75 Å². The predicted molar refractivity (Wildman–Crippen MR) is 154 cm³/mol. The van der Waals surface area contributed by atoms with Gasteiger partial charge in [0.25, 0.3) is 0 Å². The molecule has 196 valence electrons. The highest BCUT2D eigenvalue weighted by molar-refractivity contribution is 7.17. The lowest BCUT2D eigenvalue weighted by molar-refractivity contribution is 0.149. The molecule has 3 atom stereocenters. The number of piperidine rings is 1. The summed E-state index contributed by atoms with van der Waals surface area (Å²) in [5, 5.41) is 19.2. The first-order valence-corrected chi connectivity index (χ1v) is 14.3. The number of aromatic hydroxyl groups is 1. The van der Waals surface area contributed by atoms with E-state index in [0.29, 0.717) is 21.7 Å². The number of hydrogen-bond acceptors (Lipinski definition) is 6. The Morgan fingerprint density at radius 1 is 1.05 bits per heavy atom. The molecule has 0 saturated carbocycles. The molecule has 38 heavy (non-hydrogen) atoms. The van der Waals surface area contributed by atoms with Crippen LogP contribution < -0.4 is 4.74 Å². The topological polar surface area (TPSA) is 62.9 Å². The molecule has 6 nitrogen and oxygen atoms in total. The van der Waals surface area contributed by atoms with Crippen LogP contribution in [-0.2, 0) is 0 Å². The number of halogens is 1. The molecule has 0 spiro atoms. The number of rotatable bonds is 6. The predicted octanol–water partition coefficient (Wildman–Crippen LogP) is 7.28. The van der Waals surface area contributed by atoms with Gasteiger partial charge in [-0.25, -0.2) is 4.98 Å². The average Bonchev–Trinajstić information content (AvgIpc) is 3.48. The first-order chi connectivity index (χ1) is 18.4. The van der Waals surface area contributed by atoms with Crippen LogP contribution in [0.2, 0.25) is 5.02 Å². The van der Waals surface area contributed by atoms with Gasteiger partial charge >= 0.3 is 0 Å². The highest BCUT2D eigenvalue weighted by Gasteiger charge is 2.32. The maximum absolute atomic E-state index is 11.4. The van der Waals surface area contributed by atoms with E-state index < -0.39 is 0 Å². The van der Waals surface area contributed by atoms with Crippen molar-refractivity contribution in [3.8, 4) is 11.6 Å². The minimum Gasteiger partial charge on any atom is -0.497 e. The number of ether oxygens (including phenoxy) is 1. The van der Waals surface area contributed by atoms with E-state index >= 15 is 0 Å². The summed E-state index contributed by atoms with van der Waals surface area (Å²) in [6.45, 7) is 6.37. The Morgan fingerprint density at radius 2 is 1.79 bits per heavy atom. The van der Waals surface area contributed by atoms with Crippen LogP contribution in [0.3, 0.4) is 0 Å². The van der Waals surface area contributed by atoms with Crippen molar-refractivity contribution < 1.29 is 9.84 Å². The molecule has 5 aromatic rings. The SMILES string of the molecule is COc1ccc2cc([C@H](C)c3nc4sc([C@@H](c5ccc(Cl)cc5)N5CCCC(C)C5)c(O)n4n3)ccc2c1. The first-order valence-electron chi connectivity index (χ1n) is 13.1. The van der Waals surface area contributed by atoms with Crippen LogP contribution >= 0.6 is 22.9 Å². The molecule has 2 aromatic heterocycles. The molecule has 1 unspecified atom stereocenters. The van der Waals surface area contributed by atoms with Crippen LogP contribution in [-0.4, -0.2) is 44.8 Å². The van der Waals surface area contributed by atoms with Crippen molar-refractivity contribution in [2.75, 3.05) is 20.2 Å². The number of aromatic nitrogens is 3. The molecular weight excluding hydrogens is 516 g/mol. The largest absolute Gasteiger partial charge is 0.497 e. The number of methoxy groups -OCH3 is 1. The van der Waals surface area contributed by atoms with Crippen molar-refractivity contribution >= 4 is 38.7 Å². The molecule has 0 aliphatic carbocycles. The fourth-order valence-corrected chi connectivity index (χ4v) is 6.80. The van der Waals surface area contributed by atoms with Gasteiger partial charge < -0.3 is 9.84 Å². The average molecular weight is 547 g/mol. The summed E-state index contributed by atoms with van der Waals surface area (Å²) in [6.07, 6.45) is 2.38. The van der Waals surface area contributed by atoms with Gasteiger partial charge in [-0.3, -0.25) is 4.90 Å². The number of benzene rings is 3. The molecule has 3 heterocycles. The number of thiazole rings is 1. The Bertz CT molecular complexity index is 1600. The number of hydrogen-bond donors (Lipinski definition) is 1. The third-order valence-electron chi connectivity index (χ3n) is 7.66. The quantitative estimate of drug-likeness (QED) is 0.242. The smallest absolute Gasteiger partial charge is 0.230 e. The molecule has 8 heteroatoms. The Kier molecular flexibility index (Phi) is 6.76. The minimum atomic E-state index is -0.0677. The second kappa shape index (κ2) is 10.2. The molecule has 0 radical (unpaired) electrons. The van der Waals surface area contributed by atoms with Crippen molar-refractivity contribution in [2.45, 2.75) is 38.6 Å². The van der Waals surface area contributed by atoms with Crippen LogP contribution in [0.4, 0.5) is 0 Å². The summed E-state index contributed by atoms with van der Waals surface area (Å²) in [4.78, 5) is 8.92. The van der Waals surface area contributed by atoms with Gasteiger partial charge in [-0.2, -0.15) is 4.52 Å². The molecular formula is C30H31ClN4O2S. The third-order valence-corrected chi connectivity index (χ3v) is 8.99. The monoisotopic (exact) mass is 546 g/mol. The van der Waals surface area contributed by atoms with Crippen LogP contribution in [0.25, 0.3) is 15.7 Å². The second-order valence-electron chi connectivity index (χ2n) is 10.3. The Labute approximate surface area is 231 Å². The van der Waals surface area contributed by atoms with Crippen molar-refractivity contribution in [3.05, 3.63) is 87.5 Å². The van der Waals surface area contributed by atoms with Gasteiger partial charge in [-0.15, -0.1) is 5.10 Å². The Hall–Kier alpha value is -3.13. The van der Waals surface area contributed by atoms with Crippen LogP contribution in [0.1, 0.15) is 60.5 Å². The fourth-order valence-electron chi connectivity index (χ4n) is 5.55. The molecule has 1 N–H and O–H groups in total. The number of nitrogens with zero attached hydrogens (tertiary/aromatic N) is 4. The van der Waals surface area contributed by atoms with Crippen molar-refractivity contribution in [3.63, 3.8) is 0 Å². The van der Waals surface area contributed by atoms with E-state index in [1.165, 1.54) is 17.8 Å². The zero-order chi connectivity index (χ0) is 26.4. The van der Waals surface area contributed by atoms with E-state index in [9.17, 15) is 5.11 Å².